The van der Waals surface area contributed by atoms with Crippen molar-refractivity contribution in [3.8, 4) is 11.5 Å². The van der Waals surface area contributed by atoms with Crippen LogP contribution in [-0.4, -0.2) is 55.6 Å². The van der Waals surface area contributed by atoms with Crippen LogP contribution in [-0.2, 0) is 11.3 Å². The lowest BCUT2D eigenvalue weighted by Gasteiger charge is -2.22. The van der Waals surface area contributed by atoms with Gasteiger partial charge in [0.1, 0.15) is 18.0 Å². The quantitative estimate of drug-likeness (QED) is 0.717. The fourth-order valence-electron chi connectivity index (χ4n) is 2.66. The molecule has 0 heterocycles. The molecule has 0 spiro atoms. The number of benzene rings is 2. The number of amides is 2. The molecule has 148 valence electrons. The molecule has 2 N–H and O–H groups in total. The van der Waals surface area contributed by atoms with Gasteiger partial charge in [-0.3, -0.25) is 14.4 Å². The van der Waals surface area contributed by atoms with E-state index in [-0.39, 0.29) is 18.0 Å². The van der Waals surface area contributed by atoms with Crippen molar-refractivity contribution in [2.24, 2.45) is 0 Å². The lowest BCUT2D eigenvalue weighted by molar-refractivity contribution is -0.137. The Morgan fingerprint density at radius 3 is 2.14 bits per heavy atom. The standard InChI is InChI=1S/C20H22N2O6/c1-21-19(25)14-5-4-6-15(9-14)20(26)22(12-18(23)24)11-13-7-16(27-2)10-17(8-13)28-3/h4-10H,11-12H2,1-3H3,(H,21,25)(H,23,24). The van der Waals surface area contributed by atoms with Crippen molar-refractivity contribution in [2.75, 3.05) is 27.8 Å². The van der Waals surface area contributed by atoms with Crippen molar-refractivity contribution in [3.05, 3.63) is 59.2 Å². The van der Waals surface area contributed by atoms with Gasteiger partial charge in [-0.05, 0) is 35.9 Å². The van der Waals surface area contributed by atoms with Gasteiger partial charge in [-0.1, -0.05) is 6.07 Å². The second-order valence-electron chi connectivity index (χ2n) is 5.94. The Labute approximate surface area is 162 Å². The molecule has 0 atom stereocenters. The number of hydrogen-bond acceptors (Lipinski definition) is 5. The fraction of sp³-hybridized carbons (Fsp3) is 0.250. The van der Waals surface area contributed by atoms with E-state index in [1.54, 1.807) is 30.3 Å². The average molecular weight is 386 g/mol. The normalized spacial score (nSPS) is 10.1. The lowest BCUT2D eigenvalue weighted by atomic mass is 10.1. The van der Waals surface area contributed by atoms with Crippen LogP contribution in [0.15, 0.2) is 42.5 Å². The minimum atomic E-state index is -1.15. The SMILES string of the molecule is CNC(=O)c1cccc(C(=O)N(CC(=O)O)Cc2cc(OC)cc(OC)c2)c1. The smallest absolute Gasteiger partial charge is 0.323 e. The Morgan fingerprint density at radius 2 is 1.61 bits per heavy atom. The monoisotopic (exact) mass is 386 g/mol. The van der Waals surface area contributed by atoms with Gasteiger partial charge in [-0.25, -0.2) is 0 Å². The maximum absolute atomic E-state index is 12.9. The maximum atomic E-state index is 12.9. The van der Waals surface area contributed by atoms with Gasteiger partial charge in [0.05, 0.1) is 14.2 Å². The number of rotatable bonds is 8. The molecule has 0 aromatic heterocycles. The van der Waals surface area contributed by atoms with Gasteiger partial charge in [0.25, 0.3) is 11.8 Å². The highest BCUT2D eigenvalue weighted by molar-refractivity contribution is 6.00. The van der Waals surface area contributed by atoms with E-state index in [1.807, 2.05) is 0 Å². The Balaban J connectivity index is 2.35. The van der Waals surface area contributed by atoms with Gasteiger partial charge in [0.15, 0.2) is 0 Å². The molecule has 0 aliphatic heterocycles. The van der Waals surface area contributed by atoms with Crippen LogP contribution in [0.25, 0.3) is 0 Å². The van der Waals surface area contributed by atoms with Gasteiger partial charge in [-0.2, -0.15) is 0 Å². The summed E-state index contributed by atoms with van der Waals surface area (Å²) in [5.74, 6) is -0.935. The molecule has 0 fully saturated rings. The topological polar surface area (TPSA) is 105 Å². The van der Waals surface area contributed by atoms with Crippen molar-refractivity contribution in [1.82, 2.24) is 10.2 Å². The predicted octanol–water partition coefficient (Wildman–Crippen LogP) is 1.79. The van der Waals surface area contributed by atoms with E-state index in [0.29, 0.717) is 22.6 Å². The molecule has 0 aliphatic rings. The number of nitrogens with one attached hydrogen (secondary N) is 1. The van der Waals surface area contributed by atoms with E-state index in [1.165, 1.54) is 38.3 Å². The Hall–Kier alpha value is -3.55. The zero-order valence-electron chi connectivity index (χ0n) is 15.9. The minimum Gasteiger partial charge on any atom is -0.497 e. The molecule has 0 bridgehead atoms. The fourth-order valence-corrected chi connectivity index (χ4v) is 2.66. The zero-order valence-corrected chi connectivity index (χ0v) is 15.9. The van der Waals surface area contributed by atoms with Crippen molar-refractivity contribution in [1.29, 1.82) is 0 Å². The van der Waals surface area contributed by atoms with Crippen molar-refractivity contribution in [2.45, 2.75) is 6.54 Å². The van der Waals surface area contributed by atoms with Crippen LogP contribution in [0.3, 0.4) is 0 Å². The summed E-state index contributed by atoms with van der Waals surface area (Å²) < 4.78 is 10.4. The van der Waals surface area contributed by atoms with Crippen LogP contribution < -0.4 is 14.8 Å². The van der Waals surface area contributed by atoms with Crippen molar-refractivity contribution in [3.63, 3.8) is 0 Å². The first-order valence-electron chi connectivity index (χ1n) is 8.43. The molecular weight excluding hydrogens is 364 g/mol. The van der Waals surface area contributed by atoms with E-state index in [0.717, 1.165) is 0 Å². The van der Waals surface area contributed by atoms with Gasteiger partial charge in [0, 0.05) is 30.8 Å². The second kappa shape index (κ2) is 9.40. The van der Waals surface area contributed by atoms with Crippen molar-refractivity contribution < 1.29 is 29.0 Å². The molecule has 8 heteroatoms. The third-order valence-corrected chi connectivity index (χ3v) is 4.00. The number of carboxylic acid groups (broad SMARTS) is 1. The summed E-state index contributed by atoms with van der Waals surface area (Å²) in [6.45, 7) is -0.467. The summed E-state index contributed by atoms with van der Waals surface area (Å²) in [4.78, 5) is 37.2. The number of aliphatic carboxylic acids is 1. The third-order valence-electron chi connectivity index (χ3n) is 4.00. The largest absolute Gasteiger partial charge is 0.497 e. The number of hydrogen-bond donors (Lipinski definition) is 2. The van der Waals surface area contributed by atoms with E-state index < -0.39 is 18.4 Å². The number of methoxy groups -OCH3 is 2. The van der Waals surface area contributed by atoms with Gasteiger partial charge >= 0.3 is 5.97 Å². The number of carboxylic acids is 1. The van der Waals surface area contributed by atoms with E-state index in [9.17, 15) is 19.5 Å². The summed E-state index contributed by atoms with van der Waals surface area (Å²) in [5.41, 5.74) is 1.18. The van der Waals surface area contributed by atoms with E-state index in [2.05, 4.69) is 5.32 Å². The number of nitrogens with zero attached hydrogens (tertiary/aromatic N) is 1. The average Bonchev–Trinajstić information content (AvgIpc) is 2.71. The Bertz CT molecular complexity index is 858. The summed E-state index contributed by atoms with van der Waals surface area (Å²) in [5, 5.41) is 11.7. The molecular formula is C20H22N2O6. The molecule has 2 aromatic carbocycles. The molecule has 0 radical (unpaired) electrons. The number of carbonyl (C=O) groups excluding carboxylic acids is 2. The summed E-state index contributed by atoms with van der Waals surface area (Å²) in [6.07, 6.45) is 0. The number of ether oxygens (including phenoxy) is 2. The predicted molar refractivity (Wildman–Crippen MR) is 102 cm³/mol. The van der Waals surface area contributed by atoms with Crippen LogP contribution in [0.4, 0.5) is 0 Å². The first-order valence-corrected chi connectivity index (χ1v) is 8.43. The molecule has 8 nitrogen and oxygen atoms in total. The molecule has 0 saturated carbocycles. The Morgan fingerprint density at radius 1 is 1.00 bits per heavy atom. The molecule has 0 saturated heterocycles. The molecule has 2 amide bonds. The summed E-state index contributed by atoms with van der Waals surface area (Å²) >= 11 is 0. The van der Waals surface area contributed by atoms with Gasteiger partial charge < -0.3 is 24.8 Å². The van der Waals surface area contributed by atoms with Crippen LogP contribution in [0.5, 0.6) is 11.5 Å². The number of carbonyl (C=O) groups is 3. The van der Waals surface area contributed by atoms with Gasteiger partial charge in [0.2, 0.25) is 0 Å². The lowest BCUT2D eigenvalue weighted by Crippen LogP contribution is -2.35. The second-order valence-corrected chi connectivity index (χ2v) is 5.94. The summed E-state index contributed by atoms with van der Waals surface area (Å²) in [7, 11) is 4.50. The van der Waals surface area contributed by atoms with Crippen LogP contribution in [0, 0.1) is 0 Å². The first-order chi connectivity index (χ1) is 13.4. The Kier molecular flexibility index (Phi) is 6.97. The molecule has 2 aromatic rings. The molecule has 0 unspecified atom stereocenters. The molecule has 28 heavy (non-hydrogen) atoms. The summed E-state index contributed by atoms with van der Waals surface area (Å²) in [6, 6.07) is 11.2. The highest BCUT2D eigenvalue weighted by Crippen LogP contribution is 2.24. The minimum absolute atomic E-state index is 0.0306. The zero-order chi connectivity index (χ0) is 20.7. The van der Waals surface area contributed by atoms with Crippen molar-refractivity contribution >= 4 is 17.8 Å². The van der Waals surface area contributed by atoms with Crippen LogP contribution >= 0.6 is 0 Å². The molecule has 0 aliphatic carbocycles. The highest BCUT2D eigenvalue weighted by Gasteiger charge is 2.20. The maximum Gasteiger partial charge on any atom is 0.323 e. The third kappa shape index (κ3) is 5.23. The van der Waals surface area contributed by atoms with Crippen LogP contribution in [0.1, 0.15) is 26.3 Å². The van der Waals surface area contributed by atoms with E-state index >= 15 is 0 Å². The molecule has 2 rings (SSSR count). The van der Waals surface area contributed by atoms with Gasteiger partial charge in [-0.15, -0.1) is 0 Å². The highest BCUT2D eigenvalue weighted by atomic mass is 16.5. The first kappa shape index (κ1) is 20.8. The van der Waals surface area contributed by atoms with Crippen LogP contribution in [0.2, 0.25) is 0 Å². The van der Waals surface area contributed by atoms with E-state index in [4.69, 9.17) is 9.47 Å².